The van der Waals surface area contributed by atoms with Crippen molar-refractivity contribution >= 4 is 27.0 Å². The van der Waals surface area contributed by atoms with Crippen LogP contribution in [0.15, 0.2) is 47.4 Å². The van der Waals surface area contributed by atoms with E-state index in [0.717, 1.165) is 18.4 Å². The quantitative estimate of drug-likeness (QED) is 0.785. The molecular formula is C18H14F2O4S. The Morgan fingerprint density at radius 3 is 2.36 bits per heavy atom. The summed E-state index contributed by atoms with van der Waals surface area (Å²) in [5.74, 6) is -2.08. The molecule has 0 spiro atoms. The Labute approximate surface area is 143 Å². The molecule has 25 heavy (non-hydrogen) atoms. The van der Waals surface area contributed by atoms with Gasteiger partial charge in [0.2, 0.25) is 0 Å². The number of sulfone groups is 1. The van der Waals surface area contributed by atoms with Gasteiger partial charge in [-0.2, -0.15) is 0 Å². The van der Waals surface area contributed by atoms with Crippen LogP contribution in [0.5, 0.6) is 0 Å². The van der Waals surface area contributed by atoms with E-state index in [1.807, 2.05) is 0 Å². The van der Waals surface area contributed by atoms with Gasteiger partial charge >= 0.3 is 5.97 Å². The van der Waals surface area contributed by atoms with Gasteiger partial charge in [-0.1, -0.05) is 18.2 Å². The molecule has 0 N–H and O–H groups in total. The van der Waals surface area contributed by atoms with Crippen molar-refractivity contribution in [1.29, 1.82) is 0 Å². The van der Waals surface area contributed by atoms with Gasteiger partial charge < -0.3 is 4.74 Å². The van der Waals surface area contributed by atoms with E-state index in [4.69, 9.17) is 4.74 Å². The molecule has 0 aliphatic carbocycles. The number of esters is 1. The van der Waals surface area contributed by atoms with Crippen LogP contribution in [0.1, 0.15) is 18.1 Å². The van der Waals surface area contributed by atoms with Crippen LogP contribution >= 0.6 is 0 Å². The molecule has 1 heterocycles. The van der Waals surface area contributed by atoms with Crippen LogP contribution in [0.2, 0.25) is 0 Å². The number of hydrogen-bond acceptors (Lipinski definition) is 4. The van der Waals surface area contributed by atoms with Crippen molar-refractivity contribution in [3.05, 3.63) is 65.2 Å². The second kappa shape index (κ2) is 6.07. The van der Waals surface area contributed by atoms with Crippen LogP contribution in [0.25, 0.3) is 11.1 Å². The van der Waals surface area contributed by atoms with Gasteiger partial charge in [0.05, 0.1) is 5.57 Å². The van der Waals surface area contributed by atoms with E-state index >= 15 is 0 Å². The van der Waals surface area contributed by atoms with Crippen molar-refractivity contribution in [1.82, 2.24) is 0 Å². The first-order valence-electron chi connectivity index (χ1n) is 7.39. The third kappa shape index (κ3) is 3.19. The summed E-state index contributed by atoms with van der Waals surface area (Å²) in [5.41, 5.74) is 1.15. The predicted molar refractivity (Wildman–Crippen MR) is 88.3 cm³/mol. The van der Waals surface area contributed by atoms with Gasteiger partial charge in [0, 0.05) is 11.8 Å². The monoisotopic (exact) mass is 364 g/mol. The van der Waals surface area contributed by atoms with Crippen molar-refractivity contribution in [3.8, 4) is 0 Å². The highest BCUT2D eigenvalue weighted by Gasteiger charge is 2.33. The summed E-state index contributed by atoms with van der Waals surface area (Å²) in [7, 11) is -3.71. The van der Waals surface area contributed by atoms with Crippen molar-refractivity contribution < 1.29 is 26.7 Å². The second-order valence-electron chi connectivity index (χ2n) is 5.76. The lowest BCUT2D eigenvalue weighted by Crippen LogP contribution is -2.06. The fourth-order valence-corrected chi connectivity index (χ4v) is 3.59. The van der Waals surface area contributed by atoms with E-state index in [1.165, 1.54) is 24.3 Å². The van der Waals surface area contributed by atoms with Gasteiger partial charge in [-0.25, -0.2) is 22.0 Å². The fraction of sp³-hybridized carbons (Fsp3) is 0.167. The van der Waals surface area contributed by atoms with E-state index in [0.29, 0.717) is 16.7 Å². The van der Waals surface area contributed by atoms with Crippen LogP contribution in [0.4, 0.5) is 8.78 Å². The van der Waals surface area contributed by atoms with Crippen LogP contribution in [-0.4, -0.2) is 26.7 Å². The number of hydrogen-bond donors (Lipinski definition) is 0. The van der Waals surface area contributed by atoms with Gasteiger partial charge in [-0.05, 0) is 42.3 Å². The molecule has 4 nitrogen and oxygen atoms in total. The summed E-state index contributed by atoms with van der Waals surface area (Å²) in [5, 5.41) is 0. The molecule has 1 aliphatic heterocycles. The summed E-state index contributed by atoms with van der Waals surface area (Å²) in [4.78, 5) is 11.8. The summed E-state index contributed by atoms with van der Waals surface area (Å²) in [6, 6.07) is 9.05. The molecule has 3 rings (SSSR count). The summed E-state index contributed by atoms with van der Waals surface area (Å²) < 4.78 is 56.1. The average Bonchev–Trinajstić information content (AvgIpc) is 2.80. The molecule has 2 aromatic carbocycles. The maximum absolute atomic E-state index is 14.2. The van der Waals surface area contributed by atoms with Gasteiger partial charge in [0.1, 0.15) is 22.6 Å². The number of halogens is 2. The lowest BCUT2D eigenvalue weighted by atomic mass is 9.93. The van der Waals surface area contributed by atoms with Crippen molar-refractivity contribution in [3.63, 3.8) is 0 Å². The van der Waals surface area contributed by atoms with Gasteiger partial charge in [-0.3, -0.25) is 0 Å². The van der Waals surface area contributed by atoms with E-state index in [2.05, 4.69) is 0 Å². The highest BCUT2D eigenvalue weighted by molar-refractivity contribution is 7.90. The first-order chi connectivity index (χ1) is 11.7. The number of carbonyl (C=O) groups is 1. The van der Waals surface area contributed by atoms with Crippen LogP contribution in [0.3, 0.4) is 0 Å². The average molecular weight is 364 g/mol. The third-order valence-corrected chi connectivity index (χ3v) is 5.05. The molecule has 0 saturated carbocycles. The summed E-state index contributed by atoms with van der Waals surface area (Å²) >= 11 is 0. The maximum atomic E-state index is 14.2. The zero-order valence-corrected chi connectivity index (χ0v) is 14.2. The first kappa shape index (κ1) is 17.3. The molecule has 1 aliphatic rings. The van der Waals surface area contributed by atoms with Gasteiger partial charge in [0.15, 0.2) is 9.84 Å². The van der Waals surface area contributed by atoms with Crippen LogP contribution in [0, 0.1) is 11.6 Å². The fourth-order valence-electron chi connectivity index (χ4n) is 2.86. The minimum absolute atomic E-state index is 0.138. The highest BCUT2D eigenvalue weighted by Crippen LogP contribution is 2.38. The highest BCUT2D eigenvalue weighted by atomic mass is 32.2. The molecule has 2 aromatic rings. The number of benzene rings is 2. The molecule has 0 saturated heterocycles. The SMILES string of the molecule is CC1OC(=O)C(c2cccc(F)c2)=C1c1ccc(S(C)(=O)=O)c(F)c1. The smallest absolute Gasteiger partial charge is 0.339 e. The van der Waals surface area contributed by atoms with Crippen molar-refractivity contribution in [2.24, 2.45) is 0 Å². The van der Waals surface area contributed by atoms with Gasteiger partial charge in [0.25, 0.3) is 0 Å². The van der Waals surface area contributed by atoms with Crippen molar-refractivity contribution in [2.45, 2.75) is 17.9 Å². The summed E-state index contributed by atoms with van der Waals surface area (Å²) in [6.45, 7) is 1.61. The van der Waals surface area contributed by atoms with Crippen LogP contribution < -0.4 is 0 Å². The molecule has 0 amide bonds. The maximum Gasteiger partial charge on any atom is 0.339 e. The lowest BCUT2D eigenvalue weighted by Gasteiger charge is -2.11. The minimum Gasteiger partial charge on any atom is -0.454 e. The predicted octanol–water partition coefficient (Wildman–Crippen LogP) is 3.22. The molecule has 0 aromatic heterocycles. The molecule has 0 radical (unpaired) electrons. The number of ether oxygens (including phenoxy) is 1. The standard InChI is InChI=1S/C18H14F2O4S/c1-10-16(12-6-7-15(14(20)9-12)25(2,22)23)17(18(21)24-10)11-4-3-5-13(19)8-11/h3-10H,1-2H3. The lowest BCUT2D eigenvalue weighted by molar-refractivity contribution is -0.136. The van der Waals surface area contributed by atoms with Crippen LogP contribution in [-0.2, 0) is 19.4 Å². The molecule has 7 heteroatoms. The summed E-state index contributed by atoms with van der Waals surface area (Å²) in [6.07, 6.45) is 0.238. The Bertz CT molecular complexity index is 1010. The van der Waals surface area contributed by atoms with Crippen molar-refractivity contribution in [2.75, 3.05) is 6.26 Å². The molecule has 0 fully saturated rings. The zero-order valence-electron chi connectivity index (χ0n) is 13.4. The molecular weight excluding hydrogens is 350 g/mol. The van der Waals surface area contributed by atoms with E-state index in [1.54, 1.807) is 13.0 Å². The molecule has 1 unspecified atom stereocenters. The zero-order chi connectivity index (χ0) is 18.4. The third-order valence-electron chi connectivity index (χ3n) is 3.92. The normalized spacial score (nSPS) is 17.8. The Morgan fingerprint density at radius 2 is 1.76 bits per heavy atom. The Kier molecular flexibility index (Phi) is 4.20. The Balaban J connectivity index is 2.21. The topological polar surface area (TPSA) is 60.4 Å². The largest absolute Gasteiger partial charge is 0.454 e. The minimum atomic E-state index is -3.71. The number of rotatable bonds is 3. The van der Waals surface area contributed by atoms with E-state index in [-0.39, 0.29) is 5.57 Å². The number of cyclic esters (lactones) is 1. The Morgan fingerprint density at radius 1 is 1.04 bits per heavy atom. The van der Waals surface area contributed by atoms with Gasteiger partial charge in [-0.15, -0.1) is 0 Å². The Hall–Kier alpha value is -2.54. The first-order valence-corrected chi connectivity index (χ1v) is 9.28. The second-order valence-corrected chi connectivity index (χ2v) is 7.75. The van der Waals surface area contributed by atoms with E-state index in [9.17, 15) is 22.0 Å². The molecule has 1 atom stereocenters. The molecule has 130 valence electrons. The number of carbonyl (C=O) groups excluding carboxylic acids is 1. The van der Waals surface area contributed by atoms with E-state index < -0.39 is 38.4 Å². The molecule has 0 bridgehead atoms.